The van der Waals surface area contributed by atoms with Gasteiger partial charge in [0.25, 0.3) is 15.7 Å². The summed E-state index contributed by atoms with van der Waals surface area (Å²) >= 11 is 6.50. The minimum atomic E-state index is -3.75. The Morgan fingerprint density at radius 1 is 1.57 bits per heavy atom. The van der Waals surface area contributed by atoms with Gasteiger partial charge in [-0.05, 0) is 19.9 Å². The third-order valence-corrected chi connectivity index (χ3v) is 7.16. The van der Waals surface area contributed by atoms with Gasteiger partial charge in [-0.3, -0.25) is 10.1 Å². The van der Waals surface area contributed by atoms with Gasteiger partial charge in [-0.2, -0.15) is 4.31 Å². The minimum Gasteiger partial charge on any atom is -0.318 e. The van der Waals surface area contributed by atoms with Crippen molar-refractivity contribution in [3.05, 3.63) is 20.5 Å². The summed E-state index contributed by atoms with van der Waals surface area (Å²) in [6.45, 7) is 0.985. The summed E-state index contributed by atoms with van der Waals surface area (Å²) < 4.78 is 26.6. The lowest BCUT2D eigenvalue weighted by molar-refractivity contribution is -0.384. The summed E-state index contributed by atoms with van der Waals surface area (Å²) in [5.41, 5.74) is -0.359. The van der Waals surface area contributed by atoms with Crippen LogP contribution in [0.4, 0.5) is 5.69 Å². The van der Waals surface area contributed by atoms with Crippen molar-refractivity contribution in [3.63, 3.8) is 0 Å². The predicted octanol–water partition coefficient (Wildman–Crippen LogP) is 2.07. The molecular weight excluding hydrogens is 338 g/mol. The fourth-order valence-corrected chi connectivity index (χ4v) is 5.92. The van der Waals surface area contributed by atoms with Gasteiger partial charge >= 0.3 is 0 Å². The summed E-state index contributed by atoms with van der Waals surface area (Å²) in [7, 11) is -1.98. The van der Waals surface area contributed by atoms with Crippen molar-refractivity contribution in [2.75, 3.05) is 20.1 Å². The lowest BCUT2D eigenvalue weighted by Gasteiger charge is -2.34. The summed E-state index contributed by atoms with van der Waals surface area (Å²) in [4.78, 5) is 10.1. The van der Waals surface area contributed by atoms with Crippen LogP contribution in [0.15, 0.2) is 10.3 Å². The molecule has 7 nitrogen and oxygen atoms in total. The van der Waals surface area contributed by atoms with Crippen LogP contribution in [0.25, 0.3) is 0 Å². The second kappa shape index (κ2) is 6.57. The molecule has 0 radical (unpaired) electrons. The zero-order valence-electron chi connectivity index (χ0n) is 11.4. The number of nitro groups is 1. The minimum absolute atomic E-state index is 0.0674. The van der Waals surface area contributed by atoms with Crippen molar-refractivity contribution in [1.82, 2.24) is 9.62 Å². The standard InChI is InChI=1S/C11H16ClN3O4S2/c1-13-7-8-4-2-3-5-14(8)21(18,19)10-6-9(15(16)17)11(12)20-10/h6,8,13H,2-5,7H2,1H3. The van der Waals surface area contributed by atoms with Gasteiger partial charge < -0.3 is 5.32 Å². The van der Waals surface area contributed by atoms with E-state index in [9.17, 15) is 18.5 Å². The van der Waals surface area contributed by atoms with Crippen LogP contribution in [0.5, 0.6) is 0 Å². The molecule has 1 N–H and O–H groups in total. The van der Waals surface area contributed by atoms with Crippen LogP contribution < -0.4 is 5.32 Å². The molecule has 1 atom stereocenters. The fraction of sp³-hybridized carbons (Fsp3) is 0.636. The highest BCUT2D eigenvalue weighted by atomic mass is 35.5. The van der Waals surface area contributed by atoms with Crippen LogP contribution >= 0.6 is 22.9 Å². The van der Waals surface area contributed by atoms with Crippen LogP contribution in [0.3, 0.4) is 0 Å². The maximum Gasteiger partial charge on any atom is 0.300 e. The first-order valence-corrected chi connectivity index (χ1v) is 9.11. The SMILES string of the molecule is CNCC1CCCCN1S(=O)(=O)c1cc([N+](=O)[O-])c(Cl)s1. The summed E-state index contributed by atoms with van der Waals surface area (Å²) in [6.07, 6.45) is 2.55. The summed E-state index contributed by atoms with van der Waals surface area (Å²) in [5.74, 6) is 0. The van der Waals surface area contributed by atoms with Crippen molar-refractivity contribution < 1.29 is 13.3 Å². The quantitative estimate of drug-likeness (QED) is 0.646. The van der Waals surface area contributed by atoms with E-state index in [1.165, 1.54) is 4.31 Å². The number of thiophene rings is 1. The molecule has 1 aromatic rings. The van der Waals surface area contributed by atoms with Crippen molar-refractivity contribution in [2.45, 2.75) is 29.5 Å². The highest BCUT2D eigenvalue weighted by Crippen LogP contribution is 2.38. The molecule has 1 aliphatic heterocycles. The van der Waals surface area contributed by atoms with Gasteiger partial charge in [0.05, 0.1) is 4.92 Å². The third kappa shape index (κ3) is 3.37. The zero-order chi connectivity index (χ0) is 15.6. The van der Waals surface area contributed by atoms with Crippen LogP contribution in [-0.2, 0) is 10.0 Å². The maximum atomic E-state index is 12.7. The Kier molecular flexibility index (Phi) is 5.20. The van der Waals surface area contributed by atoms with Gasteiger partial charge in [0.15, 0.2) is 4.34 Å². The predicted molar refractivity (Wildman–Crippen MR) is 81.4 cm³/mol. The third-order valence-electron chi connectivity index (χ3n) is 3.42. The second-order valence-corrected chi connectivity index (χ2v) is 8.58. The molecule has 21 heavy (non-hydrogen) atoms. The van der Waals surface area contributed by atoms with Crippen LogP contribution in [0.2, 0.25) is 4.34 Å². The van der Waals surface area contributed by atoms with Gasteiger partial charge in [-0.1, -0.05) is 18.0 Å². The molecule has 1 fully saturated rings. The number of piperidine rings is 1. The molecule has 2 heterocycles. The van der Waals surface area contributed by atoms with Crippen LogP contribution in [0.1, 0.15) is 19.3 Å². The second-order valence-electron chi connectivity index (χ2n) is 4.80. The number of sulfonamides is 1. The Morgan fingerprint density at radius 3 is 2.86 bits per heavy atom. The number of halogens is 1. The molecular formula is C11H16ClN3O4S2. The molecule has 0 aromatic carbocycles. The summed E-state index contributed by atoms with van der Waals surface area (Å²) in [5, 5.41) is 13.8. The normalized spacial score (nSPS) is 20.6. The lowest BCUT2D eigenvalue weighted by atomic mass is 10.1. The number of hydrogen-bond acceptors (Lipinski definition) is 6. The average Bonchev–Trinajstić information content (AvgIpc) is 2.82. The van der Waals surface area contributed by atoms with Gasteiger partial charge in [-0.25, -0.2) is 8.42 Å². The van der Waals surface area contributed by atoms with Gasteiger partial charge in [0.2, 0.25) is 0 Å². The van der Waals surface area contributed by atoms with Crippen molar-refractivity contribution >= 4 is 38.6 Å². The molecule has 1 aromatic heterocycles. The number of nitrogens with zero attached hydrogens (tertiary/aromatic N) is 2. The number of nitrogens with one attached hydrogen (secondary N) is 1. The largest absolute Gasteiger partial charge is 0.318 e. The van der Waals surface area contributed by atoms with E-state index in [2.05, 4.69) is 5.32 Å². The van der Waals surface area contributed by atoms with E-state index in [0.717, 1.165) is 36.7 Å². The molecule has 1 saturated heterocycles. The van der Waals surface area contributed by atoms with E-state index >= 15 is 0 Å². The van der Waals surface area contributed by atoms with E-state index in [-0.39, 0.29) is 20.3 Å². The number of likely N-dealkylation sites (N-methyl/N-ethyl adjacent to an activating group) is 1. The molecule has 10 heteroatoms. The topological polar surface area (TPSA) is 92.6 Å². The zero-order valence-corrected chi connectivity index (χ0v) is 13.8. The molecule has 0 bridgehead atoms. The van der Waals surface area contributed by atoms with Crippen LogP contribution in [0, 0.1) is 10.1 Å². The average molecular weight is 354 g/mol. The van der Waals surface area contributed by atoms with E-state index in [4.69, 9.17) is 11.6 Å². The molecule has 2 rings (SSSR count). The molecule has 0 aliphatic carbocycles. The number of rotatable bonds is 5. The molecule has 0 saturated carbocycles. The molecule has 1 aliphatic rings. The van der Waals surface area contributed by atoms with Crippen molar-refractivity contribution in [1.29, 1.82) is 0 Å². The van der Waals surface area contributed by atoms with E-state index in [1.54, 1.807) is 7.05 Å². The molecule has 118 valence electrons. The maximum absolute atomic E-state index is 12.7. The van der Waals surface area contributed by atoms with Crippen molar-refractivity contribution in [3.8, 4) is 0 Å². The first-order valence-electron chi connectivity index (χ1n) is 6.48. The fourth-order valence-electron chi connectivity index (χ4n) is 2.44. The van der Waals surface area contributed by atoms with E-state index in [1.807, 2.05) is 0 Å². The number of hydrogen-bond donors (Lipinski definition) is 1. The smallest absolute Gasteiger partial charge is 0.300 e. The van der Waals surface area contributed by atoms with Crippen molar-refractivity contribution in [2.24, 2.45) is 0 Å². The van der Waals surface area contributed by atoms with Crippen LogP contribution in [-0.4, -0.2) is 43.8 Å². The van der Waals surface area contributed by atoms with E-state index < -0.39 is 14.9 Å². The Labute approximate surface area is 132 Å². The lowest BCUT2D eigenvalue weighted by Crippen LogP contribution is -2.47. The Morgan fingerprint density at radius 2 is 2.29 bits per heavy atom. The Bertz CT molecular complexity index is 629. The highest BCUT2D eigenvalue weighted by Gasteiger charge is 2.36. The Hall–Kier alpha value is -0.740. The monoisotopic (exact) mass is 353 g/mol. The van der Waals surface area contributed by atoms with E-state index in [0.29, 0.717) is 13.1 Å². The first kappa shape index (κ1) is 16.6. The summed E-state index contributed by atoms with van der Waals surface area (Å²) in [6, 6.07) is 0.918. The Balaban J connectivity index is 2.36. The van der Waals surface area contributed by atoms with Gasteiger partial charge in [-0.15, -0.1) is 11.3 Å². The molecule has 1 unspecified atom stereocenters. The first-order chi connectivity index (χ1) is 9.87. The van der Waals surface area contributed by atoms with Gasteiger partial charge in [0, 0.05) is 25.2 Å². The van der Waals surface area contributed by atoms with Gasteiger partial charge in [0.1, 0.15) is 4.21 Å². The molecule has 0 spiro atoms. The molecule has 0 amide bonds. The highest BCUT2D eigenvalue weighted by molar-refractivity contribution is 7.91.